The van der Waals surface area contributed by atoms with E-state index in [1.165, 1.54) is 41.9 Å². The Labute approximate surface area is 325 Å². The molecule has 12 nitrogen and oxygen atoms in total. The van der Waals surface area contributed by atoms with Gasteiger partial charge in [-0.25, -0.2) is 4.79 Å². The molecule has 0 unspecified atom stereocenters. The van der Waals surface area contributed by atoms with Crippen LogP contribution in [-0.2, 0) is 26.5 Å². The maximum atomic E-state index is 13.3. The summed E-state index contributed by atoms with van der Waals surface area (Å²) in [6, 6.07) is 16.7. The summed E-state index contributed by atoms with van der Waals surface area (Å²) < 4.78 is 11.4. The average molecular weight is 795 g/mol. The van der Waals surface area contributed by atoms with Crippen LogP contribution in [0.5, 0.6) is 11.5 Å². The number of amides is 1. The molecule has 6 rings (SSSR count). The minimum absolute atomic E-state index is 0.0813. The molecule has 0 saturated heterocycles. The van der Waals surface area contributed by atoms with Gasteiger partial charge in [-0.05, 0) is 85.3 Å². The van der Waals surface area contributed by atoms with Gasteiger partial charge in [0.2, 0.25) is 17.1 Å². The topological polar surface area (TPSA) is 182 Å². The number of ether oxygens (including phenoxy) is 2. The molecule has 1 fully saturated rings. The molecule has 0 bridgehead atoms. The lowest BCUT2D eigenvalue weighted by Crippen LogP contribution is -2.41. The van der Waals surface area contributed by atoms with Crippen molar-refractivity contribution in [1.29, 1.82) is 0 Å². The molecule has 1 atom stereocenters. The number of H-pyrrole nitrogens is 1. The number of carbonyl (C=O) groups is 2. The third-order valence-electron chi connectivity index (χ3n) is 9.58. The Bertz CT molecular complexity index is 2070. The number of phenols is 1. The van der Waals surface area contributed by atoms with Gasteiger partial charge in [-0.2, -0.15) is 0 Å². The molecule has 7 N–H and O–H groups in total. The lowest BCUT2D eigenvalue weighted by atomic mass is 9.92. The van der Waals surface area contributed by atoms with Gasteiger partial charge >= 0.3 is 5.97 Å². The number of hydrogen-bond acceptors (Lipinski definition) is 12. The number of pyridine rings is 1. The summed E-state index contributed by atoms with van der Waals surface area (Å²) in [5, 5.41) is 46.7. The molecule has 1 amide bonds. The van der Waals surface area contributed by atoms with Gasteiger partial charge in [0, 0.05) is 48.6 Å². The first-order valence-corrected chi connectivity index (χ1v) is 19.8. The third kappa shape index (κ3) is 9.15. The molecule has 1 aliphatic carbocycles. The van der Waals surface area contributed by atoms with Crippen molar-refractivity contribution in [2.24, 2.45) is 0 Å². The molecule has 3 aromatic heterocycles. The molecular formula is C39H43ClN4O8S2. The Balaban J connectivity index is 0.921. The predicted octanol–water partition coefficient (Wildman–Crippen LogP) is 5.94. The zero-order chi connectivity index (χ0) is 38.2. The van der Waals surface area contributed by atoms with E-state index < -0.39 is 17.7 Å². The maximum Gasteiger partial charge on any atom is 0.349 e. The molecule has 2 aromatic carbocycles. The second kappa shape index (κ2) is 17.9. The minimum Gasteiger partial charge on any atom is -0.506 e. The van der Waals surface area contributed by atoms with Gasteiger partial charge < -0.3 is 45.7 Å². The third-order valence-corrected chi connectivity index (χ3v) is 11.8. The lowest BCUT2D eigenvalue weighted by Gasteiger charge is -2.32. The van der Waals surface area contributed by atoms with Crippen LogP contribution >= 0.6 is 34.3 Å². The van der Waals surface area contributed by atoms with E-state index in [4.69, 9.17) is 21.1 Å². The summed E-state index contributed by atoms with van der Waals surface area (Å²) in [7, 11) is 1.52. The number of halogens is 1. The predicted molar refractivity (Wildman–Crippen MR) is 211 cm³/mol. The van der Waals surface area contributed by atoms with Crippen LogP contribution in [0.25, 0.3) is 10.9 Å². The summed E-state index contributed by atoms with van der Waals surface area (Å²) in [5.74, 6) is -0.398. The van der Waals surface area contributed by atoms with Gasteiger partial charge in [0.25, 0.3) is 0 Å². The Morgan fingerprint density at radius 3 is 2.43 bits per heavy atom. The Kier molecular flexibility index (Phi) is 13.1. The first kappa shape index (κ1) is 39.4. The number of hydrogen-bond donors (Lipinski definition) is 7. The maximum absolute atomic E-state index is 13.3. The molecule has 1 aliphatic rings. The van der Waals surface area contributed by atoms with Crippen LogP contribution in [-0.4, -0.2) is 64.5 Å². The fraction of sp³-hybridized carbons (Fsp3) is 0.359. The Hall–Kier alpha value is -4.28. The Morgan fingerprint density at radius 1 is 1.04 bits per heavy atom. The first-order chi connectivity index (χ1) is 26.1. The van der Waals surface area contributed by atoms with Crippen LogP contribution in [0.3, 0.4) is 0 Å². The van der Waals surface area contributed by atoms with Crippen molar-refractivity contribution in [2.45, 2.75) is 68.9 Å². The number of esters is 1. The second-order valence-electron chi connectivity index (χ2n) is 13.2. The molecule has 15 heteroatoms. The standard InChI is InChI=1S/C39H43ClN4O8S2/c1-51-32-20-29(28(40)19-23(32)21-41-22-31(46)26-12-14-30(45)37-27(26)13-15-36(48)44-37)43-35(47)7-2-16-42-24-8-10-25(11-9-24)52-38(49)39(50,33-5-3-17-53-33)34-6-4-18-54-34/h3-6,12-15,17-20,24-25,31,41-42,45-46,50H,2,7-11,16,21-22H2,1H3,(H,43,47)(H,44,48)/t24?,25?,31-/m0/s1. The molecule has 54 heavy (non-hydrogen) atoms. The van der Waals surface area contributed by atoms with Crippen LogP contribution in [0.2, 0.25) is 5.02 Å². The number of aliphatic hydroxyl groups excluding tert-OH is 1. The van der Waals surface area contributed by atoms with E-state index >= 15 is 0 Å². The van der Waals surface area contributed by atoms with Crippen LogP contribution in [0, 0.1) is 0 Å². The number of methoxy groups -OCH3 is 1. The van der Waals surface area contributed by atoms with Crippen LogP contribution in [0.15, 0.2) is 76.2 Å². The van der Waals surface area contributed by atoms with E-state index in [1.54, 1.807) is 36.4 Å². The SMILES string of the molecule is COc1cc(NC(=O)CCCNC2CCC(OC(=O)C(O)(c3cccs3)c3cccs3)CC2)c(Cl)cc1CNC[C@H](O)c1ccc(O)c2[nH]c(=O)ccc12. The van der Waals surface area contributed by atoms with Gasteiger partial charge in [0.1, 0.15) is 17.6 Å². The first-order valence-electron chi connectivity index (χ1n) is 17.7. The van der Waals surface area contributed by atoms with Crippen LogP contribution in [0.1, 0.15) is 65.5 Å². The van der Waals surface area contributed by atoms with Crippen molar-refractivity contribution < 1.29 is 34.4 Å². The van der Waals surface area contributed by atoms with Gasteiger partial charge in [-0.1, -0.05) is 29.8 Å². The quantitative estimate of drug-likeness (QED) is 0.0467. The highest BCUT2D eigenvalue weighted by molar-refractivity contribution is 7.12. The molecule has 3 heterocycles. The van der Waals surface area contributed by atoms with Crippen molar-refractivity contribution in [3.05, 3.63) is 108 Å². The van der Waals surface area contributed by atoms with Crippen LogP contribution < -0.4 is 26.2 Å². The number of thiophene rings is 2. The number of anilines is 1. The number of carbonyl (C=O) groups excluding carboxylic acids is 2. The monoisotopic (exact) mass is 794 g/mol. The van der Waals surface area contributed by atoms with Crippen molar-refractivity contribution >= 4 is 62.7 Å². The van der Waals surface area contributed by atoms with Gasteiger partial charge in [0.15, 0.2) is 0 Å². The van der Waals surface area contributed by atoms with Crippen molar-refractivity contribution in [2.75, 3.05) is 25.5 Å². The smallest absolute Gasteiger partial charge is 0.349 e. The van der Waals surface area contributed by atoms with Crippen LogP contribution in [0.4, 0.5) is 5.69 Å². The number of benzene rings is 2. The summed E-state index contributed by atoms with van der Waals surface area (Å²) in [5.41, 5.74) is -0.205. The zero-order valence-corrected chi connectivity index (χ0v) is 32.0. The van der Waals surface area contributed by atoms with Crippen molar-refractivity contribution in [1.82, 2.24) is 15.6 Å². The van der Waals surface area contributed by atoms with E-state index in [9.17, 15) is 29.7 Å². The number of nitrogens with one attached hydrogen (secondary N) is 4. The fourth-order valence-electron chi connectivity index (χ4n) is 6.70. The van der Waals surface area contributed by atoms with Crippen molar-refractivity contribution in [3.63, 3.8) is 0 Å². The van der Waals surface area contributed by atoms with E-state index in [2.05, 4.69) is 20.9 Å². The molecule has 1 saturated carbocycles. The minimum atomic E-state index is -1.81. The van der Waals surface area contributed by atoms with Gasteiger partial charge in [-0.3, -0.25) is 9.59 Å². The Morgan fingerprint density at radius 2 is 1.76 bits per heavy atom. The fourth-order valence-corrected chi connectivity index (χ4v) is 8.65. The number of aromatic hydroxyl groups is 1. The number of aromatic nitrogens is 1. The number of phenolic OH excluding ortho intramolecular Hbond substituents is 1. The highest BCUT2D eigenvalue weighted by atomic mass is 35.5. The molecule has 0 radical (unpaired) electrons. The number of aromatic amines is 1. The summed E-state index contributed by atoms with van der Waals surface area (Å²) in [4.78, 5) is 41.5. The summed E-state index contributed by atoms with van der Waals surface area (Å²) in [6.07, 6.45) is 2.67. The second-order valence-corrected chi connectivity index (χ2v) is 15.5. The van der Waals surface area contributed by atoms with Gasteiger partial charge in [0.05, 0.1) is 39.2 Å². The highest BCUT2D eigenvalue weighted by Gasteiger charge is 2.45. The van der Waals surface area contributed by atoms with Gasteiger partial charge in [-0.15, -0.1) is 22.7 Å². The van der Waals surface area contributed by atoms with E-state index in [0.29, 0.717) is 69.5 Å². The largest absolute Gasteiger partial charge is 0.506 e. The average Bonchev–Trinajstić information content (AvgIpc) is 3.92. The number of aliphatic hydroxyl groups is 2. The number of rotatable bonds is 16. The van der Waals surface area contributed by atoms with E-state index in [-0.39, 0.29) is 47.8 Å². The highest BCUT2D eigenvalue weighted by Crippen LogP contribution is 2.38. The molecular weight excluding hydrogens is 752 g/mol. The van der Waals surface area contributed by atoms with E-state index in [0.717, 1.165) is 18.4 Å². The van der Waals surface area contributed by atoms with Crippen molar-refractivity contribution in [3.8, 4) is 11.5 Å². The zero-order valence-electron chi connectivity index (χ0n) is 29.6. The number of fused-ring (bicyclic) bond motifs is 1. The molecule has 286 valence electrons. The van der Waals surface area contributed by atoms with E-state index in [1.807, 2.05) is 22.9 Å². The molecule has 0 spiro atoms. The molecule has 0 aliphatic heterocycles. The normalized spacial score (nSPS) is 16.6. The molecule has 5 aromatic rings. The lowest BCUT2D eigenvalue weighted by molar-refractivity contribution is -0.169. The summed E-state index contributed by atoms with van der Waals surface area (Å²) in [6.45, 7) is 1.12. The summed E-state index contributed by atoms with van der Waals surface area (Å²) >= 11 is 9.20.